The van der Waals surface area contributed by atoms with E-state index < -0.39 is 28.7 Å². The molecule has 4 aliphatic heterocycles. The minimum absolute atomic E-state index is 0.0229. The van der Waals surface area contributed by atoms with Crippen molar-refractivity contribution in [1.29, 1.82) is 0 Å². The van der Waals surface area contributed by atoms with Crippen LogP contribution >= 0.6 is 11.8 Å². The number of rotatable bonds is 7. The minimum atomic E-state index is -0.936. The predicted octanol–water partition coefficient (Wildman–Crippen LogP) is 4.45. The first-order valence-corrected chi connectivity index (χ1v) is 16.4. The number of aliphatic hydroxyl groups excluding tert-OH is 1. The molecule has 0 aliphatic carbocycles. The van der Waals surface area contributed by atoms with Gasteiger partial charge in [0, 0.05) is 30.6 Å². The topological polar surface area (TPSA) is 81.2 Å². The molecular weight excluding hydrogens is 570 g/mol. The molecule has 3 amide bonds. The number of thioether (sulfide) groups is 1. The van der Waals surface area contributed by atoms with Crippen molar-refractivity contribution < 1.29 is 19.5 Å². The van der Waals surface area contributed by atoms with Gasteiger partial charge in [-0.05, 0) is 41.3 Å². The summed E-state index contributed by atoms with van der Waals surface area (Å²) in [4.78, 5) is 49.1. The van der Waals surface area contributed by atoms with Gasteiger partial charge in [-0.2, -0.15) is 0 Å². The number of nitrogens with zero attached hydrogens (tertiary/aromatic N) is 3. The van der Waals surface area contributed by atoms with Crippen molar-refractivity contribution in [3.05, 3.63) is 103 Å². The Balaban J connectivity index is 1.34. The van der Waals surface area contributed by atoms with Gasteiger partial charge in [-0.1, -0.05) is 91.9 Å². The summed E-state index contributed by atoms with van der Waals surface area (Å²) in [5, 5.41) is 12.7. The van der Waals surface area contributed by atoms with Crippen LogP contribution in [0, 0.1) is 11.8 Å². The molecule has 2 fully saturated rings. The molecule has 0 saturated carbocycles. The highest BCUT2D eigenvalue weighted by atomic mass is 32.2. The second-order valence-corrected chi connectivity index (χ2v) is 13.7. The van der Waals surface area contributed by atoms with Gasteiger partial charge < -0.3 is 19.8 Å². The lowest BCUT2D eigenvalue weighted by atomic mass is 9.78. The highest BCUT2D eigenvalue weighted by Gasteiger charge is 2.71. The number of hydrogen-bond donors (Lipinski definition) is 1. The van der Waals surface area contributed by atoms with Gasteiger partial charge in [0.2, 0.25) is 11.8 Å². The Labute approximate surface area is 262 Å². The second-order valence-electron chi connectivity index (χ2n) is 12.2. The lowest BCUT2D eigenvalue weighted by Gasteiger charge is -2.38. The molecule has 3 aromatic rings. The third-order valence-electron chi connectivity index (χ3n) is 9.64. The average Bonchev–Trinajstić information content (AvgIpc) is 3.37. The van der Waals surface area contributed by atoms with Gasteiger partial charge in [0.25, 0.3) is 5.91 Å². The van der Waals surface area contributed by atoms with Crippen molar-refractivity contribution in [3.63, 3.8) is 0 Å². The number of hydrogen-bond acceptors (Lipinski definition) is 5. The van der Waals surface area contributed by atoms with Crippen LogP contribution in [0.4, 0.5) is 5.69 Å². The molecule has 44 heavy (non-hydrogen) atoms. The van der Waals surface area contributed by atoms with E-state index in [4.69, 9.17) is 0 Å². The molecule has 4 heterocycles. The second kappa shape index (κ2) is 11.6. The molecule has 8 heteroatoms. The van der Waals surface area contributed by atoms with E-state index in [1.54, 1.807) is 21.6 Å². The highest BCUT2D eigenvalue weighted by Crippen LogP contribution is 2.61. The summed E-state index contributed by atoms with van der Waals surface area (Å²) < 4.78 is -0.936. The maximum absolute atomic E-state index is 14.9. The maximum atomic E-state index is 14.9. The molecule has 0 aromatic heterocycles. The molecule has 1 N–H and O–H groups in total. The van der Waals surface area contributed by atoms with Crippen LogP contribution in [0.25, 0.3) is 10.8 Å². The zero-order valence-corrected chi connectivity index (χ0v) is 25.6. The fourth-order valence-electron chi connectivity index (χ4n) is 7.71. The van der Waals surface area contributed by atoms with E-state index in [-0.39, 0.29) is 29.6 Å². The van der Waals surface area contributed by atoms with Crippen LogP contribution < -0.4 is 4.90 Å². The number of likely N-dealkylation sites (tertiary alicyclic amines) is 1. The van der Waals surface area contributed by atoms with Crippen LogP contribution in [0.5, 0.6) is 0 Å². The zero-order valence-electron chi connectivity index (χ0n) is 24.8. The van der Waals surface area contributed by atoms with Gasteiger partial charge in [-0.15, -0.1) is 11.8 Å². The normalized spacial score (nSPS) is 28.6. The Morgan fingerprint density at radius 3 is 2.45 bits per heavy atom. The SMILES string of the molecule is CCCN1CC=C[C@H]2S[C@]34C=CCN(c5ccc6ccccc6c5)C(=O)C3N([C@@H](CO)Cc3ccccc3)C(=O)[C@@H]4[C@H]2C1=O. The molecule has 1 unspecified atom stereocenters. The van der Waals surface area contributed by atoms with Gasteiger partial charge >= 0.3 is 0 Å². The van der Waals surface area contributed by atoms with Gasteiger partial charge in [-0.3, -0.25) is 14.4 Å². The molecule has 2 saturated heterocycles. The predicted molar refractivity (Wildman–Crippen MR) is 174 cm³/mol. The zero-order chi connectivity index (χ0) is 30.4. The van der Waals surface area contributed by atoms with E-state index >= 15 is 0 Å². The van der Waals surface area contributed by atoms with Crippen LogP contribution in [0.1, 0.15) is 18.9 Å². The summed E-state index contributed by atoms with van der Waals surface area (Å²) in [6.07, 6.45) is 9.38. The number of anilines is 1. The van der Waals surface area contributed by atoms with Crippen LogP contribution in [-0.4, -0.2) is 80.9 Å². The van der Waals surface area contributed by atoms with Gasteiger partial charge in [0.05, 0.1) is 29.2 Å². The minimum Gasteiger partial charge on any atom is -0.394 e. The largest absolute Gasteiger partial charge is 0.394 e. The summed E-state index contributed by atoms with van der Waals surface area (Å²) in [5.74, 6) is -1.71. The van der Waals surface area contributed by atoms with E-state index in [2.05, 4.69) is 6.08 Å². The van der Waals surface area contributed by atoms with Gasteiger partial charge in [0.15, 0.2) is 0 Å². The molecule has 1 spiro atoms. The Kier molecular flexibility index (Phi) is 7.58. The monoisotopic (exact) mass is 607 g/mol. The first-order chi connectivity index (χ1) is 21.5. The van der Waals surface area contributed by atoms with Crippen LogP contribution in [-0.2, 0) is 20.8 Å². The highest BCUT2D eigenvalue weighted by molar-refractivity contribution is 8.02. The van der Waals surface area contributed by atoms with Crippen molar-refractivity contribution >= 4 is 45.9 Å². The lowest BCUT2D eigenvalue weighted by Crippen LogP contribution is -2.57. The molecule has 6 atom stereocenters. The summed E-state index contributed by atoms with van der Waals surface area (Å²) in [5.41, 5.74) is 1.73. The fourth-order valence-corrected chi connectivity index (χ4v) is 9.70. The smallest absolute Gasteiger partial charge is 0.251 e. The number of fused-ring (bicyclic) bond motifs is 3. The van der Waals surface area contributed by atoms with Crippen molar-refractivity contribution in [1.82, 2.24) is 9.80 Å². The van der Waals surface area contributed by atoms with Gasteiger partial charge in [0.1, 0.15) is 6.04 Å². The van der Waals surface area contributed by atoms with E-state index in [1.165, 1.54) is 0 Å². The molecule has 4 aliphatic rings. The number of benzene rings is 3. The molecule has 3 aromatic carbocycles. The Morgan fingerprint density at radius 2 is 1.68 bits per heavy atom. The fraction of sp³-hybridized carbons (Fsp3) is 0.361. The summed E-state index contributed by atoms with van der Waals surface area (Å²) in [7, 11) is 0. The Hall–Kier alpha value is -3.88. The molecule has 0 bridgehead atoms. The van der Waals surface area contributed by atoms with Crippen LogP contribution in [0.15, 0.2) is 97.1 Å². The quantitative estimate of drug-likeness (QED) is 0.402. The van der Waals surface area contributed by atoms with Crippen molar-refractivity contribution in [3.8, 4) is 0 Å². The number of amides is 3. The van der Waals surface area contributed by atoms with E-state index in [9.17, 15) is 19.5 Å². The molecule has 0 radical (unpaired) electrons. The summed E-state index contributed by atoms with van der Waals surface area (Å²) in [6, 6.07) is 22.3. The summed E-state index contributed by atoms with van der Waals surface area (Å²) in [6.45, 7) is 3.26. The third-order valence-corrected chi connectivity index (χ3v) is 11.4. The summed E-state index contributed by atoms with van der Waals surface area (Å²) >= 11 is 1.58. The van der Waals surface area contributed by atoms with Crippen molar-refractivity contribution in [2.45, 2.75) is 41.8 Å². The molecular formula is C36H37N3O4S. The number of aliphatic hydroxyl groups is 1. The first-order valence-electron chi connectivity index (χ1n) is 15.5. The third kappa shape index (κ3) is 4.58. The Morgan fingerprint density at radius 1 is 0.909 bits per heavy atom. The molecule has 7 rings (SSSR count). The van der Waals surface area contributed by atoms with Crippen LogP contribution in [0.2, 0.25) is 0 Å². The van der Waals surface area contributed by atoms with Crippen LogP contribution in [0.3, 0.4) is 0 Å². The molecule has 226 valence electrons. The van der Waals surface area contributed by atoms with E-state index in [1.807, 2.05) is 103 Å². The standard InChI is InChI=1S/C36H37N3O4S/c1-2-18-37-19-8-14-29-30(33(37)41)31-34(42)39(28(23-40)21-24-10-4-3-5-11-24)32-35(43)38(20-9-17-36(31,32)44-29)27-16-15-25-12-6-7-13-26(25)22-27/h3-17,22,28-32,40H,2,18-21,23H2,1H3/t28-,29-,30+,31+,32?,36+/m1/s1. The lowest BCUT2D eigenvalue weighted by molar-refractivity contribution is -0.144. The van der Waals surface area contributed by atoms with Crippen molar-refractivity contribution in [2.75, 3.05) is 31.1 Å². The first kappa shape index (κ1) is 28.9. The van der Waals surface area contributed by atoms with Crippen molar-refractivity contribution in [2.24, 2.45) is 11.8 Å². The molecule has 7 nitrogen and oxygen atoms in total. The van der Waals surface area contributed by atoms with E-state index in [0.29, 0.717) is 26.1 Å². The Bertz CT molecular complexity index is 1660. The van der Waals surface area contributed by atoms with E-state index in [0.717, 1.165) is 28.4 Å². The average molecular weight is 608 g/mol. The van der Waals surface area contributed by atoms with Gasteiger partial charge in [-0.25, -0.2) is 0 Å². The number of carbonyl (C=O) groups excluding carboxylic acids is 3. The maximum Gasteiger partial charge on any atom is 0.251 e. The number of carbonyl (C=O) groups is 3.